The average Bonchev–Trinajstić information content (AvgIpc) is 3.50. The van der Waals surface area contributed by atoms with Gasteiger partial charge in [0.1, 0.15) is 6.04 Å². The first-order chi connectivity index (χ1) is 14.4. The predicted octanol–water partition coefficient (Wildman–Crippen LogP) is 4.66. The Morgan fingerprint density at radius 3 is 2.50 bits per heavy atom. The second-order valence-corrected chi connectivity index (χ2v) is 8.19. The molecule has 1 atom stereocenters. The summed E-state index contributed by atoms with van der Waals surface area (Å²) in [6.45, 7) is 4.05. The van der Waals surface area contributed by atoms with Crippen molar-refractivity contribution in [2.75, 3.05) is 5.32 Å². The van der Waals surface area contributed by atoms with Crippen molar-refractivity contribution in [2.24, 2.45) is 16.1 Å². The van der Waals surface area contributed by atoms with Crippen LogP contribution in [0.5, 0.6) is 0 Å². The van der Waals surface area contributed by atoms with E-state index in [9.17, 15) is 9.59 Å². The zero-order valence-corrected chi connectivity index (χ0v) is 17.5. The Labute approximate surface area is 177 Å². The Balaban J connectivity index is 1.59. The molecule has 156 valence electrons. The lowest BCUT2D eigenvalue weighted by Gasteiger charge is -2.21. The lowest BCUT2D eigenvalue weighted by atomic mass is 10.0. The topological polar surface area (TPSA) is 82.9 Å². The monoisotopic (exact) mass is 404 g/mol. The number of terminal acetylenes is 1. The molecule has 2 aromatic carbocycles. The maximum absolute atomic E-state index is 12.9. The van der Waals surface area contributed by atoms with Gasteiger partial charge in [0.15, 0.2) is 5.66 Å². The van der Waals surface area contributed by atoms with E-state index in [1.165, 1.54) is 0 Å². The zero-order chi connectivity index (χ0) is 21.6. The number of benzene rings is 2. The quantitative estimate of drug-likeness (QED) is 0.564. The van der Waals surface area contributed by atoms with Gasteiger partial charge in [0.2, 0.25) is 11.8 Å². The third kappa shape index (κ3) is 5.90. The molecule has 1 heterocycles. The highest BCUT2D eigenvalue weighted by atomic mass is 16.2. The van der Waals surface area contributed by atoms with Crippen LogP contribution in [0.15, 0.2) is 52.7 Å². The molecular weight excluding hydrogens is 376 g/mol. The fourth-order valence-electron chi connectivity index (χ4n) is 3.45. The summed E-state index contributed by atoms with van der Waals surface area (Å²) in [4.78, 5) is 25.4. The van der Waals surface area contributed by atoms with E-state index in [1.807, 2.05) is 56.3 Å². The number of amides is 2. The number of rotatable bonds is 10. The summed E-state index contributed by atoms with van der Waals surface area (Å²) < 4.78 is 0. The fourth-order valence-corrected chi connectivity index (χ4v) is 3.45. The van der Waals surface area contributed by atoms with E-state index in [4.69, 9.17) is 6.42 Å². The van der Waals surface area contributed by atoms with E-state index in [0.717, 1.165) is 10.8 Å². The second-order valence-electron chi connectivity index (χ2n) is 8.19. The van der Waals surface area contributed by atoms with Gasteiger partial charge in [0.25, 0.3) is 0 Å². The summed E-state index contributed by atoms with van der Waals surface area (Å²) in [6, 6.07) is 13.2. The molecule has 2 amide bonds. The van der Waals surface area contributed by atoms with Gasteiger partial charge in [0.05, 0.1) is 0 Å². The lowest BCUT2D eigenvalue weighted by molar-refractivity contribution is -0.127. The number of hydrogen-bond donors (Lipinski definition) is 2. The molecule has 0 spiro atoms. The minimum atomic E-state index is -0.598. The molecule has 0 bridgehead atoms. The first-order valence-electron chi connectivity index (χ1n) is 10.4. The molecule has 30 heavy (non-hydrogen) atoms. The Hall–Kier alpha value is -3.20. The molecule has 0 unspecified atom stereocenters. The van der Waals surface area contributed by atoms with E-state index < -0.39 is 11.7 Å². The maximum atomic E-state index is 12.9. The molecule has 6 nitrogen and oxygen atoms in total. The van der Waals surface area contributed by atoms with E-state index in [-0.39, 0.29) is 24.2 Å². The van der Waals surface area contributed by atoms with Crippen molar-refractivity contribution in [2.45, 2.75) is 57.7 Å². The van der Waals surface area contributed by atoms with E-state index in [2.05, 4.69) is 26.8 Å². The van der Waals surface area contributed by atoms with Crippen LogP contribution in [-0.4, -0.2) is 23.5 Å². The number of fused-ring (bicyclic) bond motifs is 1. The number of anilines is 1. The highest BCUT2D eigenvalue weighted by Gasteiger charge is 2.39. The van der Waals surface area contributed by atoms with Crippen molar-refractivity contribution in [1.82, 2.24) is 5.32 Å². The molecule has 0 fully saturated rings. The van der Waals surface area contributed by atoms with Crippen molar-refractivity contribution in [3.8, 4) is 12.3 Å². The minimum Gasteiger partial charge on any atom is -0.344 e. The highest BCUT2D eigenvalue weighted by molar-refractivity contribution is 5.99. The molecule has 1 aliphatic rings. The van der Waals surface area contributed by atoms with Gasteiger partial charge >= 0.3 is 0 Å². The number of carbonyl (C=O) groups is 2. The molecule has 0 radical (unpaired) electrons. The van der Waals surface area contributed by atoms with Crippen LogP contribution in [-0.2, 0) is 9.59 Å². The Morgan fingerprint density at radius 1 is 1.10 bits per heavy atom. The van der Waals surface area contributed by atoms with Crippen molar-refractivity contribution in [1.29, 1.82) is 0 Å². The first-order valence-corrected chi connectivity index (χ1v) is 10.4. The van der Waals surface area contributed by atoms with Crippen LogP contribution in [0.1, 0.15) is 46.0 Å². The van der Waals surface area contributed by atoms with Crippen LogP contribution >= 0.6 is 0 Å². The highest BCUT2D eigenvalue weighted by Crippen LogP contribution is 2.37. The van der Waals surface area contributed by atoms with Crippen LogP contribution in [0.25, 0.3) is 10.8 Å². The van der Waals surface area contributed by atoms with Gasteiger partial charge in [-0.1, -0.05) is 44.2 Å². The SMILES string of the molecule is C#CCCC1(CCC(=O)N[C@@H](CC(C)C)C(=O)Nc2ccc3ccccc3c2)N=N1. The van der Waals surface area contributed by atoms with Gasteiger partial charge in [-0.2, -0.15) is 10.2 Å². The van der Waals surface area contributed by atoms with E-state index in [0.29, 0.717) is 31.4 Å². The molecule has 0 aromatic heterocycles. The molecule has 6 heteroatoms. The van der Waals surface area contributed by atoms with Gasteiger partial charge in [-0.05, 0) is 35.2 Å². The molecule has 0 aliphatic carbocycles. The summed E-state index contributed by atoms with van der Waals surface area (Å²) in [5.74, 6) is 2.45. The normalized spacial score (nSPS) is 14.9. The van der Waals surface area contributed by atoms with Crippen molar-refractivity contribution in [3.05, 3.63) is 42.5 Å². The standard InChI is InChI=1S/C24H28N4O2/c1-4-5-13-24(27-28-24)14-12-22(29)26-21(15-17(2)3)23(30)25-20-11-10-18-8-6-7-9-19(18)16-20/h1,6-11,16-17,21H,5,12-15H2,2-3H3,(H,25,30)(H,26,29)/t21-/m0/s1. The first kappa shape index (κ1) is 21.5. The van der Waals surface area contributed by atoms with Crippen molar-refractivity contribution >= 4 is 28.3 Å². The third-order valence-electron chi connectivity index (χ3n) is 5.18. The van der Waals surface area contributed by atoms with E-state index in [1.54, 1.807) is 0 Å². The molecular formula is C24H28N4O2. The zero-order valence-electron chi connectivity index (χ0n) is 17.5. The van der Waals surface area contributed by atoms with Crippen LogP contribution in [0.2, 0.25) is 0 Å². The molecule has 2 N–H and O–H groups in total. The van der Waals surface area contributed by atoms with E-state index >= 15 is 0 Å². The number of hydrogen-bond acceptors (Lipinski definition) is 4. The van der Waals surface area contributed by atoms with Gasteiger partial charge in [-0.15, -0.1) is 12.3 Å². The number of carbonyl (C=O) groups excluding carboxylic acids is 2. The molecule has 2 aromatic rings. The van der Waals surface area contributed by atoms with Crippen molar-refractivity contribution in [3.63, 3.8) is 0 Å². The second kappa shape index (κ2) is 9.53. The van der Waals surface area contributed by atoms with Gasteiger partial charge in [0, 0.05) is 31.4 Å². The molecule has 1 aliphatic heterocycles. The Kier molecular flexibility index (Phi) is 6.83. The summed E-state index contributed by atoms with van der Waals surface area (Å²) >= 11 is 0. The minimum absolute atomic E-state index is 0.174. The summed E-state index contributed by atoms with van der Waals surface area (Å²) in [6.07, 6.45) is 7.88. The summed E-state index contributed by atoms with van der Waals surface area (Å²) in [5, 5.41) is 16.1. The third-order valence-corrected chi connectivity index (χ3v) is 5.18. The Morgan fingerprint density at radius 2 is 1.83 bits per heavy atom. The average molecular weight is 405 g/mol. The summed E-state index contributed by atoms with van der Waals surface area (Å²) in [7, 11) is 0. The van der Waals surface area contributed by atoms with Crippen LogP contribution in [0.4, 0.5) is 5.69 Å². The van der Waals surface area contributed by atoms with Crippen molar-refractivity contribution < 1.29 is 9.59 Å². The van der Waals surface area contributed by atoms with Crippen LogP contribution in [0.3, 0.4) is 0 Å². The number of nitrogens with one attached hydrogen (secondary N) is 2. The smallest absolute Gasteiger partial charge is 0.246 e. The van der Waals surface area contributed by atoms with Gasteiger partial charge in [-0.25, -0.2) is 0 Å². The largest absolute Gasteiger partial charge is 0.344 e. The van der Waals surface area contributed by atoms with Crippen LogP contribution < -0.4 is 10.6 Å². The van der Waals surface area contributed by atoms with Gasteiger partial charge < -0.3 is 10.6 Å². The predicted molar refractivity (Wildman–Crippen MR) is 119 cm³/mol. The number of nitrogens with zero attached hydrogens (tertiary/aromatic N) is 2. The van der Waals surface area contributed by atoms with Gasteiger partial charge in [-0.3, -0.25) is 9.59 Å². The fraction of sp³-hybridized carbons (Fsp3) is 0.417. The molecule has 0 saturated heterocycles. The summed E-state index contributed by atoms with van der Waals surface area (Å²) in [5.41, 5.74) is 0.218. The lowest BCUT2D eigenvalue weighted by Crippen LogP contribution is -2.44. The van der Waals surface area contributed by atoms with Crippen LogP contribution in [0, 0.1) is 18.3 Å². The maximum Gasteiger partial charge on any atom is 0.246 e. The molecule has 0 saturated carbocycles. The molecule has 3 rings (SSSR count). The Bertz CT molecular complexity index is 984.